The van der Waals surface area contributed by atoms with Crippen LogP contribution in [0.2, 0.25) is 0 Å². The molecule has 134 valence electrons. The third-order valence-corrected chi connectivity index (χ3v) is 5.05. The number of hydrogen-bond acceptors (Lipinski definition) is 2. The molecule has 0 spiro atoms. The lowest BCUT2D eigenvalue weighted by molar-refractivity contribution is 0.102. The van der Waals surface area contributed by atoms with Crippen LogP contribution in [-0.2, 0) is 10.8 Å². The van der Waals surface area contributed by atoms with Crippen molar-refractivity contribution in [2.75, 3.05) is 5.32 Å². The molecule has 0 radical (unpaired) electrons. The van der Waals surface area contributed by atoms with Crippen LogP contribution >= 0.6 is 22.6 Å². The summed E-state index contributed by atoms with van der Waals surface area (Å²) in [7, 11) is 0. The largest absolute Gasteiger partial charge is 0.507 e. The van der Waals surface area contributed by atoms with Crippen molar-refractivity contribution in [3.63, 3.8) is 0 Å². The molecule has 0 atom stereocenters. The summed E-state index contributed by atoms with van der Waals surface area (Å²) >= 11 is 2.20. The number of carbonyl (C=O) groups excluding carboxylic acids is 1. The predicted octanol–water partition coefficient (Wildman–Crippen LogP) is 5.84. The van der Waals surface area contributed by atoms with Crippen molar-refractivity contribution in [1.82, 2.24) is 0 Å². The lowest BCUT2D eigenvalue weighted by Gasteiger charge is -2.28. The van der Waals surface area contributed by atoms with Crippen LogP contribution in [0.3, 0.4) is 0 Å². The van der Waals surface area contributed by atoms with Crippen molar-refractivity contribution >= 4 is 34.2 Å². The summed E-state index contributed by atoms with van der Waals surface area (Å²) in [6.45, 7) is 12.2. The van der Waals surface area contributed by atoms with Gasteiger partial charge in [-0.2, -0.15) is 0 Å². The van der Waals surface area contributed by atoms with E-state index in [4.69, 9.17) is 0 Å². The Balaban J connectivity index is 2.54. The zero-order valence-corrected chi connectivity index (χ0v) is 17.9. The summed E-state index contributed by atoms with van der Waals surface area (Å²) in [5, 5.41) is 13.7. The van der Waals surface area contributed by atoms with Crippen LogP contribution in [0.15, 0.2) is 36.4 Å². The number of phenols is 1. The van der Waals surface area contributed by atoms with Crippen molar-refractivity contribution in [3.8, 4) is 5.75 Å². The monoisotopic (exact) mass is 451 g/mol. The number of rotatable bonds is 2. The number of halogens is 1. The molecule has 2 aromatic carbocycles. The fraction of sp³-hybridized carbons (Fsp3) is 0.381. The van der Waals surface area contributed by atoms with Crippen molar-refractivity contribution in [3.05, 3.63) is 56.7 Å². The molecule has 3 nitrogen and oxygen atoms in total. The average molecular weight is 451 g/mol. The van der Waals surface area contributed by atoms with Gasteiger partial charge in [0, 0.05) is 20.3 Å². The van der Waals surface area contributed by atoms with E-state index in [1.54, 1.807) is 12.1 Å². The first-order valence-electron chi connectivity index (χ1n) is 8.35. The number of para-hydroxylation sites is 1. The molecule has 0 saturated heterocycles. The van der Waals surface area contributed by atoms with Crippen LogP contribution in [0.1, 0.15) is 63.0 Å². The van der Waals surface area contributed by atoms with Crippen molar-refractivity contribution in [2.24, 2.45) is 0 Å². The highest BCUT2D eigenvalue weighted by Gasteiger charge is 2.27. The highest BCUT2D eigenvalue weighted by atomic mass is 127. The minimum absolute atomic E-state index is 0.167. The van der Waals surface area contributed by atoms with Crippen LogP contribution in [0.25, 0.3) is 0 Å². The van der Waals surface area contributed by atoms with E-state index in [1.165, 1.54) is 0 Å². The molecule has 0 heterocycles. The van der Waals surface area contributed by atoms with Gasteiger partial charge < -0.3 is 10.4 Å². The van der Waals surface area contributed by atoms with Crippen LogP contribution in [0, 0.1) is 3.57 Å². The van der Waals surface area contributed by atoms with Gasteiger partial charge in [0.2, 0.25) is 0 Å². The summed E-state index contributed by atoms with van der Waals surface area (Å²) < 4.78 is 0.985. The van der Waals surface area contributed by atoms with Crippen LogP contribution in [0.4, 0.5) is 5.69 Å². The number of anilines is 1. The van der Waals surface area contributed by atoms with E-state index in [9.17, 15) is 9.90 Å². The maximum Gasteiger partial charge on any atom is 0.255 e. The molecule has 0 bridgehead atoms. The van der Waals surface area contributed by atoms with E-state index in [0.717, 1.165) is 20.4 Å². The van der Waals surface area contributed by atoms with Gasteiger partial charge in [-0.05, 0) is 57.7 Å². The van der Waals surface area contributed by atoms with E-state index in [-0.39, 0.29) is 22.5 Å². The number of hydrogen-bond donors (Lipinski definition) is 2. The second kappa shape index (κ2) is 6.98. The molecule has 1 amide bonds. The van der Waals surface area contributed by atoms with Gasteiger partial charge >= 0.3 is 0 Å². The molecule has 0 aliphatic heterocycles. The summed E-state index contributed by atoms with van der Waals surface area (Å²) in [6, 6.07) is 11.3. The normalized spacial score (nSPS) is 12.1. The first kappa shape index (κ1) is 19.8. The number of nitrogens with one attached hydrogen (secondary N) is 1. The number of amides is 1. The smallest absolute Gasteiger partial charge is 0.255 e. The quantitative estimate of drug-likeness (QED) is 0.564. The zero-order valence-electron chi connectivity index (χ0n) is 15.7. The van der Waals surface area contributed by atoms with Crippen LogP contribution in [0.5, 0.6) is 5.75 Å². The molecular formula is C21H26INO2. The molecule has 2 rings (SSSR count). The maximum absolute atomic E-state index is 12.8. The number of carbonyl (C=O) groups is 1. The van der Waals surface area contributed by atoms with E-state index in [2.05, 4.69) is 27.9 Å². The van der Waals surface area contributed by atoms with Gasteiger partial charge in [0.05, 0.1) is 5.69 Å². The van der Waals surface area contributed by atoms with Gasteiger partial charge in [-0.15, -0.1) is 0 Å². The van der Waals surface area contributed by atoms with Crippen LogP contribution in [-0.4, -0.2) is 11.0 Å². The summed E-state index contributed by atoms with van der Waals surface area (Å²) in [5.41, 5.74) is 2.40. The van der Waals surface area contributed by atoms with Crippen molar-refractivity contribution in [1.29, 1.82) is 0 Å². The Hall–Kier alpha value is -1.56. The second-order valence-corrected chi connectivity index (χ2v) is 9.52. The zero-order chi connectivity index (χ0) is 19.0. The van der Waals surface area contributed by atoms with E-state index in [0.29, 0.717) is 5.56 Å². The molecule has 0 aliphatic carbocycles. The van der Waals surface area contributed by atoms with E-state index in [1.807, 2.05) is 65.8 Å². The van der Waals surface area contributed by atoms with Crippen molar-refractivity contribution in [2.45, 2.75) is 52.4 Å². The van der Waals surface area contributed by atoms with Gasteiger partial charge in [-0.1, -0.05) is 53.7 Å². The second-order valence-electron chi connectivity index (χ2n) is 8.35. The third-order valence-electron chi connectivity index (χ3n) is 4.11. The Morgan fingerprint density at radius 3 is 1.88 bits per heavy atom. The molecule has 2 aromatic rings. The third kappa shape index (κ3) is 4.54. The first-order chi connectivity index (χ1) is 11.4. The summed E-state index contributed by atoms with van der Waals surface area (Å²) in [6.07, 6.45) is 0. The Morgan fingerprint density at radius 1 is 0.960 bits per heavy atom. The number of benzene rings is 2. The minimum atomic E-state index is -0.262. The molecule has 4 heteroatoms. The highest BCUT2D eigenvalue weighted by Crippen LogP contribution is 2.39. The van der Waals surface area contributed by atoms with Gasteiger partial charge in [0.15, 0.2) is 0 Å². The fourth-order valence-electron chi connectivity index (χ4n) is 2.67. The minimum Gasteiger partial charge on any atom is -0.507 e. The van der Waals surface area contributed by atoms with Gasteiger partial charge in [0.1, 0.15) is 5.75 Å². The Kier molecular flexibility index (Phi) is 5.52. The predicted molar refractivity (Wildman–Crippen MR) is 113 cm³/mol. The topological polar surface area (TPSA) is 49.3 Å². The molecule has 0 aromatic heterocycles. The Labute approximate surface area is 164 Å². The maximum atomic E-state index is 12.8. The standard InChI is InChI=1S/C21H26INO2/c1-20(2,3)14-11-13(12-15(18(14)24)21(4,5)6)19(25)23-17-10-8-7-9-16(17)22/h7-12,24H,1-6H3,(H,23,25). The summed E-state index contributed by atoms with van der Waals surface area (Å²) in [5.74, 6) is 0.117. The molecule has 2 N–H and O–H groups in total. The molecule has 0 fully saturated rings. The molecule has 0 unspecified atom stereocenters. The molecule has 25 heavy (non-hydrogen) atoms. The lowest BCUT2D eigenvalue weighted by Crippen LogP contribution is -2.21. The Bertz CT molecular complexity index is 763. The van der Waals surface area contributed by atoms with Crippen LogP contribution < -0.4 is 5.32 Å². The first-order valence-corrected chi connectivity index (χ1v) is 9.43. The van der Waals surface area contributed by atoms with Gasteiger partial charge in [-0.3, -0.25) is 4.79 Å². The average Bonchev–Trinajstić information content (AvgIpc) is 2.47. The van der Waals surface area contributed by atoms with Gasteiger partial charge in [-0.25, -0.2) is 0 Å². The Morgan fingerprint density at radius 2 is 1.44 bits per heavy atom. The van der Waals surface area contributed by atoms with E-state index >= 15 is 0 Å². The molecular weight excluding hydrogens is 425 g/mol. The SMILES string of the molecule is CC(C)(C)c1cc(C(=O)Nc2ccccc2I)cc(C(C)(C)C)c1O. The fourth-order valence-corrected chi connectivity index (χ4v) is 3.19. The number of aromatic hydroxyl groups is 1. The lowest BCUT2D eigenvalue weighted by atomic mass is 9.78. The van der Waals surface area contributed by atoms with Gasteiger partial charge in [0.25, 0.3) is 5.91 Å². The highest BCUT2D eigenvalue weighted by molar-refractivity contribution is 14.1. The van der Waals surface area contributed by atoms with Crippen molar-refractivity contribution < 1.29 is 9.90 Å². The molecule has 0 saturated carbocycles. The van der Waals surface area contributed by atoms with E-state index < -0.39 is 0 Å². The number of phenolic OH excluding ortho intramolecular Hbond substituents is 1. The summed E-state index contributed by atoms with van der Waals surface area (Å²) in [4.78, 5) is 12.8. The molecule has 0 aliphatic rings.